The van der Waals surface area contributed by atoms with Gasteiger partial charge < -0.3 is 14.6 Å². The predicted octanol–water partition coefficient (Wildman–Crippen LogP) is 0.444. The van der Waals surface area contributed by atoms with Crippen LogP contribution in [0, 0.1) is 5.82 Å². The number of rotatable bonds is 4. The van der Waals surface area contributed by atoms with Crippen LogP contribution in [0.4, 0.5) is 4.39 Å². The van der Waals surface area contributed by atoms with Crippen molar-refractivity contribution >= 4 is 15.8 Å². The van der Waals surface area contributed by atoms with Gasteiger partial charge in [0.25, 0.3) is 0 Å². The maximum Gasteiger partial charge on any atom is 0.339 e. The van der Waals surface area contributed by atoms with E-state index in [0.717, 1.165) is 32.6 Å². The molecule has 6 nitrogen and oxygen atoms in total. The van der Waals surface area contributed by atoms with Crippen LogP contribution in [0.15, 0.2) is 17.0 Å². The standard InChI is InChI=1S/C11H13FO6S/c1-17-10-7(9(13)11(14)18-2)4-6(12)5-8(10)19(3,15)16/h4-5,9,13H,1-3H3. The Kier molecular flexibility index (Phi) is 4.48. The van der Waals surface area contributed by atoms with Crippen LogP contribution in [0.5, 0.6) is 5.75 Å². The fourth-order valence-electron chi connectivity index (χ4n) is 1.52. The van der Waals surface area contributed by atoms with Gasteiger partial charge in [0.1, 0.15) is 16.5 Å². The van der Waals surface area contributed by atoms with E-state index in [1.54, 1.807) is 0 Å². The van der Waals surface area contributed by atoms with Gasteiger partial charge in [0.05, 0.1) is 14.2 Å². The molecular formula is C11H13FO6S. The summed E-state index contributed by atoms with van der Waals surface area (Å²) in [6.45, 7) is 0. The smallest absolute Gasteiger partial charge is 0.339 e. The lowest BCUT2D eigenvalue weighted by molar-refractivity contribution is -0.150. The lowest BCUT2D eigenvalue weighted by atomic mass is 10.1. The Morgan fingerprint density at radius 1 is 1.37 bits per heavy atom. The first-order valence-electron chi connectivity index (χ1n) is 5.05. The highest BCUT2D eigenvalue weighted by molar-refractivity contribution is 7.90. The van der Waals surface area contributed by atoms with Crippen molar-refractivity contribution in [1.29, 1.82) is 0 Å². The van der Waals surface area contributed by atoms with Crippen molar-refractivity contribution < 1.29 is 32.2 Å². The first-order chi connectivity index (χ1) is 8.72. The Balaban J connectivity index is 3.57. The number of ether oxygens (including phenoxy) is 2. The zero-order valence-electron chi connectivity index (χ0n) is 10.5. The highest BCUT2D eigenvalue weighted by atomic mass is 32.2. The number of sulfone groups is 1. The highest BCUT2D eigenvalue weighted by Gasteiger charge is 2.27. The zero-order valence-corrected chi connectivity index (χ0v) is 11.3. The van der Waals surface area contributed by atoms with Crippen LogP contribution in [-0.4, -0.2) is 40.0 Å². The van der Waals surface area contributed by atoms with Crippen LogP contribution in [0.25, 0.3) is 0 Å². The molecular weight excluding hydrogens is 279 g/mol. The van der Waals surface area contributed by atoms with Gasteiger partial charge >= 0.3 is 5.97 Å². The Bertz CT molecular complexity index is 595. The van der Waals surface area contributed by atoms with E-state index >= 15 is 0 Å². The van der Waals surface area contributed by atoms with Gasteiger partial charge in [0.2, 0.25) is 0 Å². The molecule has 8 heteroatoms. The van der Waals surface area contributed by atoms with E-state index in [2.05, 4.69) is 4.74 Å². The molecule has 106 valence electrons. The fraction of sp³-hybridized carbons (Fsp3) is 0.364. The van der Waals surface area contributed by atoms with E-state index in [4.69, 9.17) is 4.74 Å². The summed E-state index contributed by atoms with van der Waals surface area (Å²) in [4.78, 5) is 10.8. The summed E-state index contributed by atoms with van der Waals surface area (Å²) in [5.74, 6) is -2.26. The van der Waals surface area contributed by atoms with Crippen molar-refractivity contribution in [2.75, 3.05) is 20.5 Å². The Labute approximate surface area is 109 Å². The number of carbonyl (C=O) groups excluding carboxylic acids is 1. The van der Waals surface area contributed by atoms with Crippen molar-refractivity contribution in [3.8, 4) is 5.75 Å². The topological polar surface area (TPSA) is 89.9 Å². The molecule has 1 N–H and O–H groups in total. The summed E-state index contributed by atoms with van der Waals surface area (Å²) in [5.41, 5.74) is -0.310. The number of methoxy groups -OCH3 is 2. The Morgan fingerprint density at radius 2 is 1.95 bits per heavy atom. The van der Waals surface area contributed by atoms with E-state index in [-0.39, 0.29) is 11.3 Å². The number of hydrogen-bond acceptors (Lipinski definition) is 6. The Hall–Kier alpha value is -1.67. The summed E-state index contributed by atoms with van der Waals surface area (Å²) in [6, 6.07) is 1.57. The van der Waals surface area contributed by atoms with Crippen LogP contribution in [-0.2, 0) is 19.4 Å². The van der Waals surface area contributed by atoms with E-state index in [1.807, 2.05) is 0 Å². The Morgan fingerprint density at radius 3 is 2.37 bits per heavy atom. The highest BCUT2D eigenvalue weighted by Crippen LogP contribution is 2.33. The summed E-state index contributed by atoms with van der Waals surface area (Å²) >= 11 is 0. The van der Waals surface area contributed by atoms with Gasteiger partial charge in [0, 0.05) is 11.8 Å². The van der Waals surface area contributed by atoms with E-state index in [1.165, 1.54) is 0 Å². The molecule has 0 aliphatic heterocycles. The van der Waals surface area contributed by atoms with Crippen LogP contribution < -0.4 is 4.74 Å². The lowest BCUT2D eigenvalue weighted by Crippen LogP contribution is -2.16. The lowest BCUT2D eigenvalue weighted by Gasteiger charge is -2.16. The molecule has 0 bridgehead atoms. The third-order valence-corrected chi connectivity index (χ3v) is 3.47. The number of carbonyl (C=O) groups is 1. The van der Waals surface area contributed by atoms with Gasteiger partial charge in [-0.05, 0) is 12.1 Å². The van der Waals surface area contributed by atoms with Gasteiger partial charge in [-0.2, -0.15) is 0 Å². The summed E-state index contributed by atoms with van der Waals surface area (Å²) in [6.07, 6.45) is -0.977. The molecule has 19 heavy (non-hydrogen) atoms. The molecule has 0 spiro atoms. The van der Waals surface area contributed by atoms with Gasteiger partial charge in [-0.1, -0.05) is 0 Å². The molecule has 1 unspecified atom stereocenters. The minimum atomic E-state index is -3.78. The summed E-state index contributed by atoms with van der Waals surface area (Å²) < 4.78 is 45.7. The summed E-state index contributed by atoms with van der Waals surface area (Å²) in [5, 5.41) is 9.70. The molecule has 0 amide bonds. The van der Waals surface area contributed by atoms with Gasteiger partial charge in [-0.3, -0.25) is 0 Å². The number of aliphatic hydroxyl groups excluding tert-OH is 1. The fourth-order valence-corrected chi connectivity index (χ4v) is 2.39. The molecule has 1 atom stereocenters. The summed E-state index contributed by atoms with van der Waals surface area (Å²) in [7, 11) is -1.60. The first kappa shape index (κ1) is 15.4. The molecule has 0 fully saturated rings. The van der Waals surface area contributed by atoms with Crippen molar-refractivity contribution in [3.05, 3.63) is 23.5 Å². The third kappa shape index (κ3) is 3.21. The predicted molar refractivity (Wildman–Crippen MR) is 63.0 cm³/mol. The molecule has 0 aliphatic rings. The molecule has 0 aliphatic carbocycles. The van der Waals surface area contributed by atoms with Gasteiger partial charge in [-0.15, -0.1) is 0 Å². The first-order valence-corrected chi connectivity index (χ1v) is 6.95. The van der Waals surface area contributed by atoms with E-state index < -0.39 is 32.6 Å². The van der Waals surface area contributed by atoms with E-state index in [0.29, 0.717) is 0 Å². The molecule has 1 rings (SSSR count). The molecule has 0 aromatic heterocycles. The van der Waals surface area contributed by atoms with Crippen LogP contribution in [0.1, 0.15) is 11.7 Å². The monoisotopic (exact) mass is 292 g/mol. The van der Waals surface area contributed by atoms with Gasteiger partial charge in [-0.25, -0.2) is 17.6 Å². The van der Waals surface area contributed by atoms with Crippen LogP contribution in [0.3, 0.4) is 0 Å². The maximum absolute atomic E-state index is 13.4. The zero-order chi connectivity index (χ0) is 14.8. The van der Waals surface area contributed by atoms with Crippen molar-refractivity contribution in [3.63, 3.8) is 0 Å². The van der Waals surface area contributed by atoms with Crippen LogP contribution >= 0.6 is 0 Å². The largest absolute Gasteiger partial charge is 0.495 e. The minimum absolute atomic E-state index is 0.290. The number of hydrogen-bond donors (Lipinski definition) is 1. The number of halogens is 1. The second kappa shape index (κ2) is 5.54. The van der Waals surface area contributed by atoms with Crippen molar-refractivity contribution in [2.45, 2.75) is 11.0 Å². The molecule has 1 aromatic rings. The SMILES string of the molecule is COC(=O)C(O)c1cc(F)cc(S(C)(=O)=O)c1OC. The molecule has 0 saturated carbocycles. The molecule has 1 aromatic carbocycles. The number of benzene rings is 1. The van der Waals surface area contributed by atoms with Gasteiger partial charge in [0.15, 0.2) is 15.9 Å². The second-order valence-corrected chi connectivity index (χ2v) is 5.71. The normalized spacial score (nSPS) is 12.9. The van der Waals surface area contributed by atoms with Crippen LogP contribution in [0.2, 0.25) is 0 Å². The second-order valence-electron chi connectivity index (χ2n) is 3.72. The van der Waals surface area contributed by atoms with E-state index in [9.17, 15) is 22.7 Å². The average Bonchev–Trinajstić information content (AvgIpc) is 2.34. The third-order valence-electron chi connectivity index (χ3n) is 2.37. The number of aliphatic hydroxyl groups is 1. The molecule has 0 saturated heterocycles. The quantitative estimate of drug-likeness (QED) is 0.810. The molecule has 0 radical (unpaired) electrons. The van der Waals surface area contributed by atoms with Crippen molar-refractivity contribution in [2.24, 2.45) is 0 Å². The maximum atomic E-state index is 13.4. The minimum Gasteiger partial charge on any atom is -0.495 e. The average molecular weight is 292 g/mol. The number of esters is 1. The molecule has 0 heterocycles. The van der Waals surface area contributed by atoms with Crippen molar-refractivity contribution in [1.82, 2.24) is 0 Å².